The van der Waals surface area contributed by atoms with Gasteiger partial charge in [0.25, 0.3) is 0 Å². The zero-order valence-electron chi connectivity index (χ0n) is 30.1. The van der Waals surface area contributed by atoms with Crippen LogP contribution in [0.15, 0.2) is 111 Å². The molecule has 1 aliphatic rings. The quantitative estimate of drug-likeness (QED) is 0.0873. The fourth-order valence-corrected chi connectivity index (χ4v) is 7.74. The second kappa shape index (κ2) is 17.4. The number of nitrogens with zero attached hydrogens (tertiary/aromatic N) is 1. The van der Waals surface area contributed by atoms with Crippen LogP contribution in [0.25, 0.3) is 22.5 Å². The van der Waals surface area contributed by atoms with Gasteiger partial charge < -0.3 is 21.1 Å². The minimum absolute atomic E-state index is 0.119. The number of aromatic amines is 1. The largest absolute Gasteiger partial charge is 0.465 e. The molecule has 1 atom stereocenters. The van der Waals surface area contributed by atoms with Crippen LogP contribution in [-0.2, 0) is 32.6 Å². The molecule has 286 valence electrons. The second-order valence-corrected chi connectivity index (χ2v) is 15.4. The first-order valence-electron chi connectivity index (χ1n) is 17.9. The van der Waals surface area contributed by atoms with E-state index in [4.69, 9.17) is 5.11 Å². The number of carbonyl (C=O) groups excluding carboxylic acids is 2. The minimum Gasteiger partial charge on any atom is -0.465 e. The summed E-state index contributed by atoms with van der Waals surface area (Å²) in [5.41, 5.74) is 4.90. The van der Waals surface area contributed by atoms with E-state index < -0.39 is 33.8 Å². The molecular weight excluding hydrogens is 725 g/mol. The highest BCUT2D eigenvalue weighted by Crippen LogP contribution is 2.30. The van der Waals surface area contributed by atoms with Crippen molar-refractivity contribution in [3.63, 3.8) is 0 Å². The number of hydrogen-bond donors (Lipinski definition) is 6. The van der Waals surface area contributed by atoms with Crippen molar-refractivity contribution in [3.8, 4) is 22.5 Å². The molecule has 14 nitrogen and oxygen atoms in total. The Bertz CT molecular complexity index is 2300. The van der Waals surface area contributed by atoms with Crippen LogP contribution in [0.2, 0.25) is 0 Å². The summed E-state index contributed by atoms with van der Waals surface area (Å²) < 4.78 is 33.8. The Morgan fingerprint density at radius 3 is 2.31 bits per heavy atom. The number of aromatic nitrogens is 2. The summed E-state index contributed by atoms with van der Waals surface area (Å²) in [4.78, 5) is 52.4. The molecule has 1 aromatic heterocycles. The standard InChI is InChI=1S/C40H42N6O8S/c1-25-10-19-33(55(52,53)42-24-26-6-3-2-4-7-26)22-34(25)31-9-5-8-28(20-31)21-35(44-37(47)30-13-11-27(12-14-30)23-41-39(49)50)38(48)43-32-17-15-29(16-18-32)36-45-40(51)54-46-36/h2-10,15-20,22,27,30,35,41-42H,11-14,21,23-24H2,1H3,(H,43,48)(H,44,47)(H,49,50)(H,45,46,51)/t27?,30?,35-/m0/s1. The lowest BCUT2D eigenvalue weighted by molar-refractivity contribution is -0.130. The van der Waals surface area contributed by atoms with Crippen molar-refractivity contribution in [1.82, 2.24) is 25.5 Å². The maximum Gasteiger partial charge on any atom is 0.439 e. The molecule has 1 aliphatic carbocycles. The van der Waals surface area contributed by atoms with Crippen molar-refractivity contribution in [3.05, 3.63) is 124 Å². The van der Waals surface area contributed by atoms with Gasteiger partial charge in [-0.2, -0.15) is 0 Å². The number of anilines is 1. The smallest absolute Gasteiger partial charge is 0.439 e. The molecule has 0 radical (unpaired) electrons. The molecule has 5 aromatic rings. The van der Waals surface area contributed by atoms with Crippen LogP contribution in [0.3, 0.4) is 0 Å². The van der Waals surface area contributed by atoms with Gasteiger partial charge in [-0.3, -0.25) is 19.1 Å². The molecule has 0 bridgehead atoms. The van der Waals surface area contributed by atoms with E-state index in [1.165, 1.54) is 0 Å². The molecule has 55 heavy (non-hydrogen) atoms. The number of nitrogens with one attached hydrogen (secondary N) is 5. The predicted molar refractivity (Wildman–Crippen MR) is 205 cm³/mol. The van der Waals surface area contributed by atoms with Crippen molar-refractivity contribution < 1.29 is 32.4 Å². The molecule has 4 aromatic carbocycles. The van der Waals surface area contributed by atoms with Gasteiger partial charge in [-0.1, -0.05) is 65.8 Å². The summed E-state index contributed by atoms with van der Waals surface area (Å²) in [6.07, 6.45) is 1.53. The number of H-pyrrole nitrogens is 1. The van der Waals surface area contributed by atoms with Gasteiger partial charge in [0.1, 0.15) is 6.04 Å². The van der Waals surface area contributed by atoms with Crippen molar-refractivity contribution in [2.75, 3.05) is 11.9 Å². The van der Waals surface area contributed by atoms with Crippen LogP contribution in [0.5, 0.6) is 0 Å². The first-order chi connectivity index (χ1) is 26.4. The minimum atomic E-state index is -3.83. The van der Waals surface area contributed by atoms with Gasteiger partial charge in [-0.15, -0.1) is 0 Å². The molecule has 0 spiro atoms. The van der Waals surface area contributed by atoms with Crippen LogP contribution in [0, 0.1) is 18.8 Å². The van der Waals surface area contributed by atoms with Gasteiger partial charge in [0.15, 0.2) is 5.82 Å². The molecule has 6 N–H and O–H groups in total. The summed E-state index contributed by atoms with van der Waals surface area (Å²) in [5.74, 6) is -1.36. The zero-order valence-corrected chi connectivity index (χ0v) is 30.9. The third-order valence-corrected chi connectivity index (χ3v) is 11.2. The Morgan fingerprint density at radius 1 is 0.891 bits per heavy atom. The van der Waals surface area contributed by atoms with Crippen LogP contribution in [0.1, 0.15) is 42.4 Å². The van der Waals surface area contributed by atoms with E-state index in [9.17, 15) is 27.6 Å². The summed E-state index contributed by atoms with van der Waals surface area (Å²) in [6, 6.07) is 27.3. The maximum absolute atomic E-state index is 13.9. The summed E-state index contributed by atoms with van der Waals surface area (Å²) in [5, 5.41) is 20.9. The lowest BCUT2D eigenvalue weighted by Gasteiger charge is -2.29. The topological polar surface area (TPSA) is 213 Å². The molecule has 3 amide bonds. The second-order valence-electron chi connectivity index (χ2n) is 13.7. The first kappa shape index (κ1) is 38.7. The first-order valence-corrected chi connectivity index (χ1v) is 19.4. The summed E-state index contributed by atoms with van der Waals surface area (Å²) >= 11 is 0. The number of hydrogen-bond acceptors (Lipinski definition) is 8. The fraction of sp³-hybridized carbons (Fsp3) is 0.275. The lowest BCUT2D eigenvalue weighted by Crippen LogP contribution is -2.48. The molecule has 15 heteroatoms. The van der Waals surface area contributed by atoms with E-state index in [2.05, 4.69) is 35.3 Å². The highest BCUT2D eigenvalue weighted by Gasteiger charge is 2.30. The van der Waals surface area contributed by atoms with Crippen molar-refractivity contribution in [1.29, 1.82) is 0 Å². The molecule has 1 fully saturated rings. The maximum atomic E-state index is 13.9. The van der Waals surface area contributed by atoms with Crippen molar-refractivity contribution >= 4 is 33.6 Å². The van der Waals surface area contributed by atoms with Gasteiger partial charge in [-0.05, 0) is 103 Å². The van der Waals surface area contributed by atoms with E-state index in [-0.39, 0.29) is 41.4 Å². The summed E-state index contributed by atoms with van der Waals surface area (Å²) in [7, 11) is -3.83. The van der Waals surface area contributed by atoms with Crippen LogP contribution in [-0.4, -0.2) is 54.2 Å². The highest BCUT2D eigenvalue weighted by molar-refractivity contribution is 7.89. The Morgan fingerprint density at radius 2 is 1.62 bits per heavy atom. The zero-order chi connectivity index (χ0) is 39.0. The van der Waals surface area contributed by atoms with Gasteiger partial charge in [0, 0.05) is 36.7 Å². The lowest BCUT2D eigenvalue weighted by atomic mass is 9.81. The van der Waals surface area contributed by atoms with E-state index in [1.807, 2.05) is 61.5 Å². The number of carbonyl (C=O) groups is 3. The van der Waals surface area contributed by atoms with E-state index in [0.717, 1.165) is 22.3 Å². The Balaban J connectivity index is 1.20. The van der Waals surface area contributed by atoms with Crippen LogP contribution >= 0.6 is 0 Å². The molecular formula is C40H42N6O8S. The Kier molecular flexibility index (Phi) is 12.2. The highest BCUT2D eigenvalue weighted by atomic mass is 32.2. The average Bonchev–Trinajstić information content (AvgIpc) is 3.63. The fourth-order valence-electron chi connectivity index (χ4n) is 6.69. The number of rotatable bonds is 14. The molecule has 0 saturated heterocycles. The normalized spacial score (nSPS) is 16.2. The summed E-state index contributed by atoms with van der Waals surface area (Å²) in [6.45, 7) is 2.37. The predicted octanol–water partition coefficient (Wildman–Crippen LogP) is 5.22. The number of sulfonamides is 1. The average molecular weight is 767 g/mol. The monoisotopic (exact) mass is 766 g/mol. The SMILES string of the molecule is Cc1ccc(S(=O)(=O)NCc2ccccc2)cc1-c1cccc(C[C@H](NC(=O)C2CCC(CNC(=O)O)CC2)C(=O)Nc2ccc(-c3noc(=O)[nH]3)cc2)c1. The van der Waals surface area contributed by atoms with Gasteiger partial charge in [0.05, 0.1) is 4.90 Å². The molecule has 1 heterocycles. The third kappa shape index (κ3) is 10.3. The number of amides is 3. The van der Waals surface area contributed by atoms with E-state index in [0.29, 0.717) is 49.0 Å². The third-order valence-electron chi connectivity index (χ3n) is 9.76. The van der Waals surface area contributed by atoms with Crippen LogP contribution in [0.4, 0.5) is 10.5 Å². The number of carboxylic acid groups (broad SMARTS) is 1. The van der Waals surface area contributed by atoms with E-state index in [1.54, 1.807) is 42.5 Å². The van der Waals surface area contributed by atoms with Gasteiger partial charge in [-0.25, -0.2) is 22.7 Å². The molecule has 1 saturated carbocycles. The number of aryl methyl sites for hydroxylation is 1. The van der Waals surface area contributed by atoms with Gasteiger partial charge >= 0.3 is 11.8 Å². The van der Waals surface area contributed by atoms with Gasteiger partial charge in [0.2, 0.25) is 21.8 Å². The van der Waals surface area contributed by atoms with E-state index >= 15 is 0 Å². The Labute approximate surface area is 317 Å². The molecule has 6 rings (SSSR count). The van der Waals surface area contributed by atoms with Crippen molar-refractivity contribution in [2.45, 2.75) is 56.5 Å². The van der Waals surface area contributed by atoms with Crippen LogP contribution < -0.4 is 26.4 Å². The molecule has 0 aliphatic heterocycles. The number of benzene rings is 4. The Hall–Kier alpha value is -6.06. The molecule has 0 unspecified atom stereocenters. The van der Waals surface area contributed by atoms with Crippen molar-refractivity contribution in [2.24, 2.45) is 11.8 Å².